The minimum atomic E-state index is -0.260. The Labute approximate surface area is 147 Å². The zero-order valence-corrected chi connectivity index (χ0v) is 14.5. The second-order valence-electron chi connectivity index (χ2n) is 5.30. The topological polar surface area (TPSA) is 64.6 Å². The number of nitrogens with one attached hydrogen (secondary N) is 1. The monoisotopic (exact) mass is 339 g/mol. The molecule has 0 atom stereocenters. The highest BCUT2D eigenvalue weighted by Crippen LogP contribution is 2.28. The van der Waals surface area contributed by atoms with Gasteiger partial charge in [-0.1, -0.05) is 6.07 Å². The van der Waals surface area contributed by atoms with Gasteiger partial charge in [0, 0.05) is 17.3 Å². The van der Waals surface area contributed by atoms with Crippen LogP contribution in [0.5, 0.6) is 11.5 Å². The molecule has 1 amide bonds. The fourth-order valence-corrected chi connectivity index (χ4v) is 2.21. The van der Waals surface area contributed by atoms with Gasteiger partial charge >= 0.3 is 0 Å². The lowest BCUT2D eigenvalue weighted by Gasteiger charge is -2.09. The first-order valence-electron chi connectivity index (χ1n) is 7.94. The van der Waals surface area contributed by atoms with Crippen LogP contribution in [0, 0.1) is 0 Å². The summed E-state index contributed by atoms with van der Waals surface area (Å²) >= 11 is 0. The second kappa shape index (κ2) is 8.68. The molecule has 2 rings (SSSR count). The van der Waals surface area contributed by atoms with Crippen molar-refractivity contribution in [2.24, 2.45) is 0 Å². The van der Waals surface area contributed by atoms with E-state index < -0.39 is 0 Å². The second-order valence-corrected chi connectivity index (χ2v) is 5.30. The molecule has 0 unspecified atom stereocenters. The summed E-state index contributed by atoms with van der Waals surface area (Å²) < 4.78 is 10.7. The van der Waals surface area contributed by atoms with E-state index in [9.17, 15) is 9.59 Å². The lowest BCUT2D eigenvalue weighted by molar-refractivity contribution is -0.111. The predicted octanol–water partition coefficient (Wildman–Crippen LogP) is 3.95. The average molecular weight is 339 g/mol. The maximum absolute atomic E-state index is 12.0. The van der Waals surface area contributed by atoms with Gasteiger partial charge in [-0.25, -0.2) is 0 Å². The number of ether oxygens (including phenoxy) is 2. The maximum Gasteiger partial charge on any atom is 0.248 e. The third kappa shape index (κ3) is 5.21. The zero-order chi connectivity index (χ0) is 18.2. The zero-order valence-electron chi connectivity index (χ0n) is 14.5. The van der Waals surface area contributed by atoms with E-state index in [0.29, 0.717) is 29.4 Å². The van der Waals surface area contributed by atoms with Crippen LogP contribution in [0.3, 0.4) is 0 Å². The van der Waals surface area contributed by atoms with Crippen LogP contribution < -0.4 is 14.8 Å². The van der Waals surface area contributed by atoms with Gasteiger partial charge in [-0.2, -0.15) is 0 Å². The molecule has 0 heterocycles. The molecule has 0 saturated carbocycles. The minimum Gasteiger partial charge on any atom is -0.493 e. The van der Waals surface area contributed by atoms with E-state index in [1.807, 2.05) is 19.1 Å². The Kier molecular flexibility index (Phi) is 6.34. The molecule has 25 heavy (non-hydrogen) atoms. The van der Waals surface area contributed by atoms with Crippen LogP contribution in [0.2, 0.25) is 0 Å². The lowest BCUT2D eigenvalue weighted by atomic mass is 10.1. The average Bonchev–Trinajstić information content (AvgIpc) is 2.61. The molecule has 2 aromatic carbocycles. The van der Waals surface area contributed by atoms with Gasteiger partial charge in [0.25, 0.3) is 0 Å². The van der Waals surface area contributed by atoms with Gasteiger partial charge in [0.2, 0.25) is 5.91 Å². The summed E-state index contributed by atoms with van der Waals surface area (Å²) in [4.78, 5) is 23.3. The summed E-state index contributed by atoms with van der Waals surface area (Å²) in [6, 6.07) is 12.2. The fraction of sp³-hybridized carbons (Fsp3) is 0.200. The number of hydrogen-bond donors (Lipinski definition) is 1. The van der Waals surface area contributed by atoms with Crippen LogP contribution in [-0.2, 0) is 4.79 Å². The fourth-order valence-electron chi connectivity index (χ4n) is 2.21. The van der Waals surface area contributed by atoms with Gasteiger partial charge in [0.15, 0.2) is 17.3 Å². The van der Waals surface area contributed by atoms with Crippen LogP contribution in [0.1, 0.15) is 29.8 Å². The van der Waals surface area contributed by atoms with Gasteiger partial charge < -0.3 is 14.8 Å². The number of carbonyl (C=O) groups excluding carboxylic acids is 2. The van der Waals surface area contributed by atoms with Crippen LogP contribution in [0.25, 0.3) is 6.08 Å². The van der Waals surface area contributed by atoms with Crippen molar-refractivity contribution in [3.8, 4) is 11.5 Å². The first-order valence-corrected chi connectivity index (χ1v) is 7.94. The number of carbonyl (C=O) groups is 2. The van der Waals surface area contributed by atoms with Crippen molar-refractivity contribution < 1.29 is 19.1 Å². The van der Waals surface area contributed by atoms with E-state index in [4.69, 9.17) is 9.47 Å². The summed E-state index contributed by atoms with van der Waals surface area (Å²) in [7, 11) is 1.58. The lowest BCUT2D eigenvalue weighted by Crippen LogP contribution is -2.07. The number of methoxy groups -OCH3 is 1. The Morgan fingerprint density at radius 1 is 1.08 bits per heavy atom. The van der Waals surface area contributed by atoms with Gasteiger partial charge in [0.1, 0.15) is 0 Å². The number of Topliss-reactive ketones (excluding diaryl/α,β-unsaturated/α-hetero) is 1. The Hall–Kier alpha value is -3.08. The van der Waals surface area contributed by atoms with Crippen molar-refractivity contribution in [2.45, 2.75) is 13.8 Å². The van der Waals surface area contributed by atoms with E-state index in [0.717, 1.165) is 5.56 Å². The molecule has 0 saturated heterocycles. The molecule has 0 spiro atoms. The highest BCUT2D eigenvalue weighted by atomic mass is 16.5. The summed E-state index contributed by atoms with van der Waals surface area (Å²) in [5.74, 6) is 1.01. The van der Waals surface area contributed by atoms with Crippen LogP contribution in [0.15, 0.2) is 48.5 Å². The van der Waals surface area contributed by atoms with Gasteiger partial charge in [-0.15, -0.1) is 0 Å². The number of rotatable bonds is 7. The van der Waals surface area contributed by atoms with Gasteiger partial charge in [-0.05, 0) is 61.9 Å². The molecule has 0 aliphatic rings. The molecule has 0 bridgehead atoms. The molecule has 5 nitrogen and oxygen atoms in total. The number of amides is 1. The van der Waals surface area contributed by atoms with E-state index in [1.165, 1.54) is 13.0 Å². The van der Waals surface area contributed by atoms with Crippen molar-refractivity contribution in [1.29, 1.82) is 0 Å². The van der Waals surface area contributed by atoms with E-state index >= 15 is 0 Å². The third-order valence-corrected chi connectivity index (χ3v) is 3.47. The highest BCUT2D eigenvalue weighted by Gasteiger charge is 2.05. The van der Waals surface area contributed by atoms with E-state index in [-0.39, 0.29) is 11.7 Å². The molecule has 130 valence electrons. The highest BCUT2D eigenvalue weighted by molar-refractivity contribution is 6.02. The molecule has 1 N–H and O–H groups in total. The van der Waals surface area contributed by atoms with Crippen LogP contribution in [0.4, 0.5) is 5.69 Å². The Balaban J connectivity index is 2.04. The number of ketones is 1. The summed E-state index contributed by atoms with van der Waals surface area (Å²) in [5, 5.41) is 2.75. The normalized spacial score (nSPS) is 10.5. The molecule has 5 heteroatoms. The minimum absolute atomic E-state index is 0.0117. The molecule has 0 aliphatic carbocycles. The smallest absolute Gasteiger partial charge is 0.248 e. The van der Waals surface area contributed by atoms with E-state index in [1.54, 1.807) is 43.5 Å². The molecule has 0 radical (unpaired) electrons. The van der Waals surface area contributed by atoms with Crippen LogP contribution in [-0.4, -0.2) is 25.4 Å². The Morgan fingerprint density at radius 2 is 1.80 bits per heavy atom. The molecule has 0 aromatic heterocycles. The standard InChI is InChI=1S/C20H21NO4/c1-4-25-19-13-15(5-11-18(19)24-3)6-12-20(23)21-17-9-7-16(8-10-17)14(2)22/h5-13H,4H2,1-3H3,(H,21,23)/b12-6+. The van der Waals surface area contributed by atoms with Crippen molar-refractivity contribution in [1.82, 2.24) is 0 Å². The summed E-state index contributed by atoms with van der Waals surface area (Å²) in [6.07, 6.45) is 3.14. The maximum atomic E-state index is 12.0. The van der Waals surface area contributed by atoms with E-state index in [2.05, 4.69) is 5.32 Å². The molecule has 0 aliphatic heterocycles. The van der Waals surface area contributed by atoms with Gasteiger partial charge in [-0.3, -0.25) is 9.59 Å². The largest absolute Gasteiger partial charge is 0.493 e. The van der Waals surface area contributed by atoms with Crippen molar-refractivity contribution in [3.05, 3.63) is 59.7 Å². The van der Waals surface area contributed by atoms with Crippen molar-refractivity contribution >= 4 is 23.5 Å². The first kappa shape index (κ1) is 18.3. The van der Waals surface area contributed by atoms with Crippen molar-refractivity contribution in [2.75, 3.05) is 19.0 Å². The first-order chi connectivity index (χ1) is 12.0. The predicted molar refractivity (Wildman–Crippen MR) is 98.3 cm³/mol. The Morgan fingerprint density at radius 3 is 2.40 bits per heavy atom. The number of anilines is 1. The van der Waals surface area contributed by atoms with Crippen LogP contribution >= 0.6 is 0 Å². The summed E-state index contributed by atoms with van der Waals surface area (Å²) in [6.45, 7) is 3.93. The number of hydrogen-bond acceptors (Lipinski definition) is 4. The van der Waals surface area contributed by atoms with Crippen molar-refractivity contribution in [3.63, 3.8) is 0 Å². The Bertz CT molecular complexity index is 779. The van der Waals surface area contributed by atoms with Gasteiger partial charge in [0.05, 0.1) is 13.7 Å². The third-order valence-electron chi connectivity index (χ3n) is 3.47. The quantitative estimate of drug-likeness (QED) is 0.613. The molecular formula is C20H21NO4. The molecular weight excluding hydrogens is 318 g/mol. The SMILES string of the molecule is CCOc1cc(/C=C/C(=O)Nc2ccc(C(C)=O)cc2)ccc1OC. The molecule has 0 fully saturated rings. The summed E-state index contributed by atoms with van der Waals surface area (Å²) in [5.41, 5.74) is 2.06. The number of benzene rings is 2. The molecule has 2 aromatic rings.